The summed E-state index contributed by atoms with van der Waals surface area (Å²) in [4.78, 5) is 0. The third-order valence-corrected chi connectivity index (χ3v) is 5.88. The summed E-state index contributed by atoms with van der Waals surface area (Å²) >= 11 is 0. The third kappa shape index (κ3) is 6.29. The van der Waals surface area contributed by atoms with E-state index in [1.165, 1.54) is 38.8 Å². The zero-order valence-electron chi connectivity index (χ0n) is 17.7. The first kappa shape index (κ1) is 20.2. The maximum Gasteiger partial charge on any atom is 0.125 e. The van der Waals surface area contributed by atoms with E-state index < -0.39 is 0 Å². The summed E-state index contributed by atoms with van der Waals surface area (Å²) in [6.07, 6.45) is 5.31. The first-order chi connectivity index (χ1) is 10.8. The molecule has 0 radical (unpaired) electrons. The Bertz CT molecular complexity index is 353. The van der Waals surface area contributed by atoms with Crippen molar-refractivity contribution in [3.8, 4) is 0 Å². The molecule has 0 amide bonds. The first-order valence-electron chi connectivity index (χ1n) is 10.2. The summed E-state index contributed by atoms with van der Waals surface area (Å²) < 4.78 is 0. The second-order valence-electron chi connectivity index (χ2n) is 11.6. The lowest BCUT2D eigenvalue weighted by molar-refractivity contribution is -0.830. The molecule has 2 rings (SSSR count). The molecule has 0 aromatic rings. The van der Waals surface area contributed by atoms with Crippen LogP contribution in [0.2, 0.25) is 0 Å². The molecule has 0 spiro atoms. The fourth-order valence-electron chi connectivity index (χ4n) is 6.20. The molecule has 2 fully saturated rings. The molecule has 0 saturated carbocycles. The van der Waals surface area contributed by atoms with Crippen LogP contribution >= 0.6 is 0 Å². The van der Waals surface area contributed by atoms with Crippen molar-refractivity contribution in [1.29, 1.82) is 0 Å². The van der Waals surface area contributed by atoms with Gasteiger partial charge in [0.25, 0.3) is 0 Å². The summed E-state index contributed by atoms with van der Waals surface area (Å²) in [5, 5.41) is 10.4. The van der Waals surface area contributed by atoms with E-state index >= 15 is 0 Å². The van der Waals surface area contributed by atoms with Crippen LogP contribution in [0.5, 0.6) is 0 Å². The molecule has 2 aliphatic rings. The Morgan fingerprint density at radius 3 is 1.08 bits per heavy atom. The molecule has 2 aliphatic heterocycles. The van der Waals surface area contributed by atoms with Gasteiger partial charge in [0.2, 0.25) is 0 Å². The van der Waals surface area contributed by atoms with Crippen molar-refractivity contribution in [3.05, 3.63) is 0 Å². The minimum atomic E-state index is 0.389. The quantitative estimate of drug-likeness (QED) is 0.448. The topological polar surface area (TPSA) is 66.4 Å². The zero-order valence-corrected chi connectivity index (χ0v) is 17.7. The van der Waals surface area contributed by atoms with Crippen LogP contribution in [0.4, 0.5) is 0 Å². The Hall–Kier alpha value is -0.160. The van der Waals surface area contributed by atoms with Gasteiger partial charge in [0.05, 0.1) is 59.9 Å². The number of nitrogens with two attached hydrogens (primary N) is 4. The standard InChI is InChI=1S/C20H42N4/c1-17(2)11-15(12-18(3,4)23-17)21-9-10-22-16-13-19(5,6)24-20(7,8)14-16/h15-16,21-24H,9-14H2,1-8H3/p+4. The molecular weight excluding hydrogens is 296 g/mol. The largest absolute Gasteiger partial charge is 0.339 e. The summed E-state index contributed by atoms with van der Waals surface area (Å²) in [6, 6.07) is 1.59. The van der Waals surface area contributed by atoms with Crippen molar-refractivity contribution >= 4 is 0 Å². The molecule has 24 heavy (non-hydrogen) atoms. The highest BCUT2D eigenvalue weighted by atomic mass is 15.1. The van der Waals surface area contributed by atoms with Gasteiger partial charge in [-0.05, 0) is 55.4 Å². The van der Waals surface area contributed by atoms with Crippen LogP contribution in [0.1, 0.15) is 81.1 Å². The number of quaternary nitrogens is 4. The van der Waals surface area contributed by atoms with Crippen molar-refractivity contribution in [2.75, 3.05) is 13.1 Å². The van der Waals surface area contributed by atoms with E-state index in [0.29, 0.717) is 22.2 Å². The number of rotatable bonds is 5. The minimum Gasteiger partial charge on any atom is -0.339 e. The Balaban J connectivity index is 1.75. The SMILES string of the molecule is CC1(C)CC([NH2+]CC[NH2+]C2CC(C)(C)[NH2+]C(C)(C)C2)CC(C)(C)[NH2+]1. The lowest BCUT2D eigenvalue weighted by Gasteiger charge is -2.42. The molecule has 4 heteroatoms. The third-order valence-electron chi connectivity index (χ3n) is 5.88. The van der Waals surface area contributed by atoms with E-state index in [2.05, 4.69) is 76.7 Å². The van der Waals surface area contributed by atoms with Crippen LogP contribution in [0, 0.1) is 0 Å². The maximum absolute atomic E-state index is 2.64. The Kier molecular flexibility index (Phi) is 5.76. The van der Waals surface area contributed by atoms with Gasteiger partial charge in [-0.25, -0.2) is 0 Å². The van der Waals surface area contributed by atoms with Gasteiger partial charge >= 0.3 is 0 Å². The Morgan fingerprint density at radius 1 is 0.583 bits per heavy atom. The molecule has 142 valence electrons. The number of piperidine rings is 2. The highest BCUT2D eigenvalue weighted by Gasteiger charge is 2.44. The van der Waals surface area contributed by atoms with E-state index in [0.717, 1.165) is 12.1 Å². The second-order valence-corrected chi connectivity index (χ2v) is 11.6. The van der Waals surface area contributed by atoms with Crippen molar-refractivity contribution in [2.45, 2.75) is 115 Å². The lowest BCUT2D eigenvalue weighted by atomic mass is 9.79. The van der Waals surface area contributed by atoms with Gasteiger partial charge in [-0.15, -0.1) is 0 Å². The van der Waals surface area contributed by atoms with Crippen LogP contribution in [0.3, 0.4) is 0 Å². The van der Waals surface area contributed by atoms with E-state index in [9.17, 15) is 0 Å². The highest BCUT2D eigenvalue weighted by molar-refractivity contribution is 4.84. The van der Waals surface area contributed by atoms with Gasteiger partial charge in [0.1, 0.15) is 13.1 Å². The molecule has 0 aliphatic carbocycles. The van der Waals surface area contributed by atoms with E-state index in [1.807, 2.05) is 0 Å². The Morgan fingerprint density at radius 2 is 0.833 bits per heavy atom. The molecule has 0 unspecified atom stereocenters. The smallest absolute Gasteiger partial charge is 0.125 e. The normalized spacial score (nSPS) is 29.5. The monoisotopic (exact) mass is 342 g/mol. The van der Waals surface area contributed by atoms with Crippen molar-refractivity contribution < 1.29 is 21.3 Å². The van der Waals surface area contributed by atoms with E-state index in [1.54, 1.807) is 0 Å². The summed E-state index contributed by atoms with van der Waals surface area (Å²) in [7, 11) is 0. The molecular formula is C20H46N4+4. The zero-order chi connectivity index (χ0) is 18.2. The van der Waals surface area contributed by atoms with Crippen LogP contribution in [-0.4, -0.2) is 47.3 Å². The van der Waals surface area contributed by atoms with Gasteiger partial charge in [0, 0.05) is 0 Å². The van der Waals surface area contributed by atoms with Crippen molar-refractivity contribution in [1.82, 2.24) is 0 Å². The van der Waals surface area contributed by atoms with Crippen LogP contribution in [-0.2, 0) is 0 Å². The van der Waals surface area contributed by atoms with Gasteiger partial charge in [-0.1, -0.05) is 0 Å². The second kappa shape index (κ2) is 6.86. The molecule has 8 N–H and O–H groups in total. The molecule has 2 saturated heterocycles. The maximum atomic E-state index is 2.64. The van der Waals surface area contributed by atoms with Crippen LogP contribution < -0.4 is 21.3 Å². The Labute approximate surface area is 150 Å². The minimum absolute atomic E-state index is 0.389. The van der Waals surface area contributed by atoms with Gasteiger partial charge in [-0.2, -0.15) is 0 Å². The van der Waals surface area contributed by atoms with Gasteiger partial charge in [0.15, 0.2) is 0 Å². The van der Waals surface area contributed by atoms with E-state index in [4.69, 9.17) is 0 Å². The molecule has 2 heterocycles. The van der Waals surface area contributed by atoms with Crippen LogP contribution in [0.25, 0.3) is 0 Å². The summed E-state index contributed by atoms with van der Waals surface area (Å²) in [6.45, 7) is 21.8. The predicted molar refractivity (Wildman–Crippen MR) is 99.8 cm³/mol. The summed E-state index contributed by atoms with van der Waals surface area (Å²) in [5.74, 6) is 0. The van der Waals surface area contributed by atoms with Gasteiger partial charge < -0.3 is 21.3 Å². The lowest BCUT2D eigenvalue weighted by Crippen LogP contribution is -3.11. The molecule has 0 aromatic carbocycles. The predicted octanol–water partition coefficient (Wildman–Crippen LogP) is -1.32. The molecule has 0 bridgehead atoms. The number of hydrogen-bond donors (Lipinski definition) is 4. The number of hydrogen-bond acceptors (Lipinski definition) is 0. The molecule has 0 aromatic heterocycles. The van der Waals surface area contributed by atoms with Gasteiger partial charge in [-0.3, -0.25) is 0 Å². The first-order valence-corrected chi connectivity index (χ1v) is 10.2. The van der Waals surface area contributed by atoms with E-state index in [-0.39, 0.29) is 0 Å². The fourth-order valence-corrected chi connectivity index (χ4v) is 6.20. The van der Waals surface area contributed by atoms with Crippen molar-refractivity contribution in [2.24, 2.45) is 0 Å². The average molecular weight is 343 g/mol. The average Bonchev–Trinajstić information content (AvgIpc) is 2.26. The molecule has 4 nitrogen and oxygen atoms in total. The highest BCUT2D eigenvalue weighted by Crippen LogP contribution is 2.20. The molecule has 0 atom stereocenters. The fraction of sp³-hybridized carbons (Fsp3) is 1.00. The van der Waals surface area contributed by atoms with Crippen LogP contribution in [0.15, 0.2) is 0 Å². The summed E-state index contributed by atoms with van der Waals surface area (Å²) in [5.41, 5.74) is 1.56. The van der Waals surface area contributed by atoms with Crippen molar-refractivity contribution in [3.63, 3.8) is 0 Å².